The molecule has 0 spiro atoms. The summed E-state index contributed by atoms with van der Waals surface area (Å²) in [6.07, 6.45) is 3.62. The van der Waals surface area contributed by atoms with Gasteiger partial charge in [0.15, 0.2) is 0 Å². The fourth-order valence-electron chi connectivity index (χ4n) is 2.93. The van der Waals surface area contributed by atoms with Gasteiger partial charge in [0, 0.05) is 49.6 Å². The summed E-state index contributed by atoms with van der Waals surface area (Å²) < 4.78 is 2.86. The second kappa shape index (κ2) is 7.05. The number of halogens is 1. The van der Waals surface area contributed by atoms with E-state index in [1.807, 2.05) is 28.7 Å². The highest BCUT2D eigenvalue weighted by atomic mass is 79.9. The molecule has 0 saturated carbocycles. The SMILES string of the molecule is CCn1cc(Br)cc1C(=O)N1CCN(c2ncccc2C#N)CC1. The second-order valence-electron chi connectivity index (χ2n) is 5.60. The molecule has 1 amide bonds. The number of carbonyl (C=O) groups is 1. The maximum absolute atomic E-state index is 12.8. The lowest BCUT2D eigenvalue weighted by Crippen LogP contribution is -2.49. The van der Waals surface area contributed by atoms with Gasteiger partial charge in [0.2, 0.25) is 0 Å². The van der Waals surface area contributed by atoms with Gasteiger partial charge in [-0.3, -0.25) is 4.79 Å². The molecule has 7 heteroatoms. The zero-order valence-corrected chi connectivity index (χ0v) is 15.0. The molecule has 2 aromatic heterocycles. The minimum atomic E-state index is 0.0451. The highest BCUT2D eigenvalue weighted by Gasteiger charge is 2.25. The molecule has 0 atom stereocenters. The van der Waals surface area contributed by atoms with Crippen molar-refractivity contribution in [1.29, 1.82) is 5.26 Å². The molecule has 3 rings (SSSR count). The number of aromatic nitrogens is 2. The molecule has 1 saturated heterocycles. The van der Waals surface area contributed by atoms with Crippen LogP contribution in [-0.4, -0.2) is 46.5 Å². The lowest BCUT2D eigenvalue weighted by atomic mass is 10.2. The standard InChI is InChI=1S/C17H18BrN5O/c1-2-21-12-14(18)10-15(21)17(24)23-8-6-22(7-9-23)16-13(11-19)4-3-5-20-16/h3-5,10,12H,2,6-9H2,1H3. The highest BCUT2D eigenvalue weighted by molar-refractivity contribution is 9.10. The highest BCUT2D eigenvalue weighted by Crippen LogP contribution is 2.20. The van der Waals surface area contributed by atoms with Crippen molar-refractivity contribution in [2.45, 2.75) is 13.5 Å². The maximum Gasteiger partial charge on any atom is 0.270 e. The summed E-state index contributed by atoms with van der Waals surface area (Å²) in [6, 6.07) is 7.57. The van der Waals surface area contributed by atoms with Gasteiger partial charge in [-0.2, -0.15) is 5.26 Å². The molecular formula is C17H18BrN5O. The summed E-state index contributed by atoms with van der Waals surface area (Å²) >= 11 is 3.43. The van der Waals surface area contributed by atoms with Gasteiger partial charge in [0.1, 0.15) is 17.6 Å². The van der Waals surface area contributed by atoms with E-state index in [9.17, 15) is 10.1 Å². The van der Waals surface area contributed by atoms with Crippen molar-refractivity contribution >= 4 is 27.7 Å². The van der Waals surface area contributed by atoms with E-state index in [1.54, 1.807) is 18.3 Å². The molecule has 0 N–H and O–H groups in total. The van der Waals surface area contributed by atoms with Crippen molar-refractivity contribution in [3.63, 3.8) is 0 Å². The first-order valence-corrected chi connectivity index (χ1v) is 8.68. The summed E-state index contributed by atoms with van der Waals surface area (Å²) in [7, 11) is 0. The van der Waals surface area contributed by atoms with Crippen molar-refractivity contribution in [2.75, 3.05) is 31.1 Å². The van der Waals surface area contributed by atoms with E-state index in [0.29, 0.717) is 43.3 Å². The molecule has 124 valence electrons. The van der Waals surface area contributed by atoms with Gasteiger partial charge in [-0.1, -0.05) is 0 Å². The van der Waals surface area contributed by atoms with Gasteiger partial charge in [-0.15, -0.1) is 0 Å². The number of anilines is 1. The van der Waals surface area contributed by atoms with Crippen molar-refractivity contribution in [3.8, 4) is 6.07 Å². The van der Waals surface area contributed by atoms with E-state index in [1.165, 1.54) is 0 Å². The van der Waals surface area contributed by atoms with Crippen LogP contribution < -0.4 is 4.90 Å². The zero-order valence-electron chi connectivity index (χ0n) is 13.4. The Labute approximate surface area is 149 Å². The molecule has 3 heterocycles. The number of hydrogen-bond acceptors (Lipinski definition) is 4. The van der Waals surface area contributed by atoms with E-state index in [4.69, 9.17) is 0 Å². The number of piperazine rings is 1. The Balaban J connectivity index is 1.71. The smallest absolute Gasteiger partial charge is 0.270 e. The topological polar surface area (TPSA) is 65.2 Å². The zero-order chi connectivity index (χ0) is 17.1. The van der Waals surface area contributed by atoms with Gasteiger partial charge < -0.3 is 14.4 Å². The van der Waals surface area contributed by atoms with E-state index >= 15 is 0 Å². The molecule has 1 aliphatic rings. The van der Waals surface area contributed by atoms with Crippen molar-refractivity contribution < 1.29 is 4.79 Å². The Bertz CT molecular complexity index is 787. The second-order valence-corrected chi connectivity index (χ2v) is 6.51. The summed E-state index contributed by atoms with van der Waals surface area (Å²) in [5, 5.41) is 9.21. The number of carbonyl (C=O) groups excluding carboxylic acids is 1. The third kappa shape index (κ3) is 3.15. The van der Waals surface area contributed by atoms with Crippen LogP contribution >= 0.6 is 15.9 Å². The largest absolute Gasteiger partial charge is 0.352 e. The summed E-state index contributed by atoms with van der Waals surface area (Å²) in [5.74, 6) is 0.746. The third-order valence-electron chi connectivity index (χ3n) is 4.20. The number of amides is 1. The number of pyridine rings is 1. The Morgan fingerprint density at radius 2 is 2.12 bits per heavy atom. The molecule has 0 bridgehead atoms. The molecule has 0 aliphatic carbocycles. The van der Waals surface area contributed by atoms with E-state index in [2.05, 4.69) is 31.9 Å². The molecular weight excluding hydrogens is 370 g/mol. The average molecular weight is 388 g/mol. The van der Waals surface area contributed by atoms with Crippen LogP contribution in [0.5, 0.6) is 0 Å². The van der Waals surface area contributed by atoms with Crippen molar-refractivity contribution in [3.05, 3.63) is 46.3 Å². The van der Waals surface area contributed by atoms with Gasteiger partial charge in [0.25, 0.3) is 5.91 Å². The van der Waals surface area contributed by atoms with Crippen LogP contribution in [0.25, 0.3) is 0 Å². The van der Waals surface area contributed by atoms with Crippen LogP contribution in [0, 0.1) is 11.3 Å². The predicted octanol–water partition coefficient (Wildman–Crippen LogP) is 2.50. The lowest BCUT2D eigenvalue weighted by molar-refractivity contribution is 0.0735. The monoisotopic (exact) mass is 387 g/mol. The van der Waals surface area contributed by atoms with Crippen LogP contribution in [0.4, 0.5) is 5.82 Å². The van der Waals surface area contributed by atoms with E-state index < -0.39 is 0 Å². The minimum absolute atomic E-state index is 0.0451. The van der Waals surface area contributed by atoms with Crippen LogP contribution in [0.2, 0.25) is 0 Å². The van der Waals surface area contributed by atoms with Gasteiger partial charge >= 0.3 is 0 Å². The summed E-state index contributed by atoms with van der Waals surface area (Å²) in [6.45, 7) is 5.36. The number of aryl methyl sites for hydroxylation is 1. The van der Waals surface area contributed by atoms with E-state index in [-0.39, 0.29) is 5.91 Å². The Morgan fingerprint density at radius 1 is 1.38 bits per heavy atom. The maximum atomic E-state index is 12.8. The molecule has 0 unspecified atom stereocenters. The molecule has 1 aliphatic heterocycles. The normalized spacial score (nSPS) is 14.5. The average Bonchev–Trinajstić information content (AvgIpc) is 3.02. The number of nitrogens with zero attached hydrogens (tertiary/aromatic N) is 5. The fraction of sp³-hybridized carbons (Fsp3) is 0.353. The van der Waals surface area contributed by atoms with E-state index in [0.717, 1.165) is 11.0 Å². The number of rotatable bonds is 3. The van der Waals surface area contributed by atoms with Crippen molar-refractivity contribution in [1.82, 2.24) is 14.5 Å². The van der Waals surface area contributed by atoms with Crippen molar-refractivity contribution in [2.24, 2.45) is 0 Å². The Hall–Kier alpha value is -2.33. The first-order valence-electron chi connectivity index (χ1n) is 7.89. The molecule has 6 nitrogen and oxygen atoms in total. The molecule has 24 heavy (non-hydrogen) atoms. The van der Waals surface area contributed by atoms with Crippen LogP contribution in [-0.2, 0) is 6.54 Å². The summed E-state index contributed by atoms with van der Waals surface area (Å²) in [5.41, 5.74) is 1.27. The van der Waals surface area contributed by atoms with Crippen LogP contribution in [0.1, 0.15) is 23.0 Å². The molecule has 2 aromatic rings. The quantitative estimate of drug-likeness (QED) is 0.811. The predicted molar refractivity (Wildman–Crippen MR) is 94.9 cm³/mol. The molecule has 0 aromatic carbocycles. The molecule has 0 radical (unpaired) electrons. The first kappa shape index (κ1) is 16.5. The fourth-order valence-corrected chi connectivity index (χ4v) is 3.40. The third-order valence-corrected chi connectivity index (χ3v) is 4.63. The van der Waals surface area contributed by atoms with Gasteiger partial charge in [-0.25, -0.2) is 4.98 Å². The van der Waals surface area contributed by atoms with Crippen LogP contribution in [0.15, 0.2) is 35.1 Å². The minimum Gasteiger partial charge on any atom is -0.352 e. The first-order chi connectivity index (χ1) is 11.6. The van der Waals surface area contributed by atoms with Gasteiger partial charge in [0.05, 0.1) is 5.56 Å². The Morgan fingerprint density at radius 3 is 2.79 bits per heavy atom. The summed E-state index contributed by atoms with van der Waals surface area (Å²) in [4.78, 5) is 21.0. The molecule has 1 fully saturated rings. The van der Waals surface area contributed by atoms with Gasteiger partial charge in [-0.05, 0) is 41.1 Å². The lowest BCUT2D eigenvalue weighted by Gasteiger charge is -2.35. The number of hydrogen-bond donors (Lipinski definition) is 0. The number of nitriles is 1. The Kier molecular flexibility index (Phi) is 4.86. The van der Waals surface area contributed by atoms with Crippen LogP contribution in [0.3, 0.4) is 0 Å².